The van der Waals surface area contributed by atoms with Crippen molar-refractivity contribution in [2.45, 2.75) is 32.2 Å². The standard InChI is InChI=1S/C29H27F2N7O/c1-2-36-13-10-23(11-14-36)37-18-33-28(19-3-5-21(30)6-4-19)29(37)24-7-8-27-34-22(17-38(27)35-24)16-25(39)20-9-12-32-26(31)15-20/h3-9,12,15,17-18,23H,2,10-11,13-14,16H2,1H3. The van der Waals surface area contributed by atoms with E-state index in [4.69, 9.17) is 10.1 Å². The number of pyridine rings is 1. The number of carbonyl (C=O) groups excluding carboxylic acids is 1. The number of imidazole rings is 2. The Labute approximate surface area is 224 Å². The zero-order valence-corrected chi connectivity index (χ0v) is 21.5. The van der Waals surface area contributed by atoms with E-state index in [1.54, 1.807) is 22.8 Å². The first-order chi connectivity index (χ1) is 19.0. The van der Waals surface area contributed by atoms with Crippen molar-refractivity contribution in [3.8, 4) is 22.6 Å². The molecule has 1 aliphatic heterocycles. The highest BCUT2D eigenvalue weighted by atomic mass is 19.1. The second-order valence-electron chi connectivity index (χ2n) is 9.74. The van der Waals surface area contributed by atoms with Gasteiger partial charge in [-0.2, -0.15) is 9.49 Å². The zero-order chi connectivity index (χ0) is 26.9. The molecule has 6 rings (SSSR count). The summed E-state index contributed by atoms with van der Waals surface area (Å²) in [4.78, 5) is 27.9. The lowest BCUT2D eigenvalue weighted by atomic mass is 10.0. The molecule has 1 saturated heterocycles. The van der Waals surface area contributed by atoms with Crippen LogP contribution in [-0.2, 0) is 6.42 Å². The van der Waals surface area contributed by atoms with Gasteiger partial charge in [-0.1, -0.05) is 6.92 Å². The lowest BCUT2D eigenvalue weighted by molar-refractivity contribution is 0.0991. The van der Waals surface area contributed by atoms with Gasteiger partial charge in [0.25, 0.3) is 0 Å². The molecule has 0 spiro atoms. The fourth-order valence-electron chi connectivity index (χ4n) is 5.21. The first-order valence-electron chi connectivity index (χ1n) is 13.0. The normalized spacial score (nSPS) is 14.7. The van der Waals surface area contributed by atoms with E-state index in [0.717, 1.165) is 55.5 Å². The minimum atomic E-state index is -0.698. The summed E-state index contributed by atoms with van der Waals surface area (Å²) in [6, 6.07) is 12.9. The summed E-state index contributed by atoms with van der Waals surface area (Å²) in [5, 5.41) is 4.85. The summed E-state index contributed by atoms with van der Waals surface area (Å²) in [6.07, 6.45) is 6.85. The van der Waals surface area contributed by atoms with E-state index in [-0.39, 0.29) is 29.6 Å². The summed E-state index contributed by atoms with van der Waals surface area (Å²) in [7, 11) is 0. The highest BCUT2D eigenvalue weighted by Crippen LogP contribution is 2.35. The van der Waals surface area contributed by atoms with E-state index in [1.165, 1.54) is 24.4 Å². The third-order valence-electron chi connectivity index (χ3n) is 7.31. The molecular formula is C29H27F2N7O. The van der Waals surface area contributed by atoms with Crippen molar-refractivity contribution in [2.75, 3.05) is 19.6 Å². The molecule has 0 aliphatic carbocycles. The van der Waals surface area contributed by atoms with Crippen LogP contribution in [-0.4, -0.2) is 59.5 Å². The fourth-order valence-corrected chi connectivity index (χ4v) is 5.21. The third-order valence-corrected chi connectivity index (χ3v) is 7.31. The third kappa shape index (κ3) is 5.07. The Hall–Kier alpha value is -4.31. The van der Waals surface area contributed by atoms with Crippen LogP contribution < -0.4 is 0 Å². The van der Waals surface area contributed by atoms with E-state index in [0.29, 0.717) is 17.0 Å². The molecule has 0 atom stereocenters. The number of nitrogens with zero attached hydrogens (tertiary/aromatic N) is 7. The Morgan fingerprint density at radius 2 is 1.82 bits per heavy atom. The molecular weight excluding hydrogens is 500 g/mol. The summed E-state index contributed by atoms with van der Waals surface area (Å²) in [5.74, 6) is -1.26. The number of ketones is 1. The lowest BCUT2D eigenvalue weighted by Crippen LogP contribution is -2.34. The van der Waals surface area contributed by atoms with Gasteiger partial charge in [-0.15, -0.1) is 0 Å². The second kappa shape index (κ2) is 10.5. The number of piperidine rings is 1. The van der Waals surface area contributed by atoms with Gasteiger partial charge in [-0.25, -0.2) is 23.9 Å². The molecule has 1 aromatic carbocycles. The van der Waals surface area contributed by atoms with Crippen LogP contribution in [0.5, 0.6) is 0 Å². The Morgan fingerprint density at radius 3 is 2.56 bits per heavy atom. The number of hydrogen-bond donors (Lipinski definition) is 0. The topological polar surface area (TPSA) is 81.2 Å². The van der Waals surface area contributed by atoms with E-state index < -0.39 is 5.95 Å². The summed E-state index contributed by atoms with van der Waals surface area (Å²) < 4.78 is 31.0. The molecule has 1 aliphatic rings. The monoisotopic (exact) mass is 527 g/mol. The molecule has 39 heavy (non-hydrogen) atoms. The van der Waals surface area contributed by atoms with Crippen LogP contribution in [0, 0.1) is 11.8 Å². The van der Waals surface area contributed by atoms with Crippen molar-refractivity contribution in [3.05, 3.63) is 90.3 Å². The Morgan fingerprint density at radius 1 is 1.03 bits per heavy atom. The average molecular weight is 528 g/mol. The number of benzene rings is 1. The highest BCUT2D eigenvalue weighted by Gasteiger charge is 2.25. The van der Waals surface area contributed by atoms with Gasteiger partial charge in [0.2, 0.25) is 5.95 Å². The molecule has 5 heterocycles. The van der Waals surface area contributed by atoms with Gasteiger partial charge in [-0.3, -0.25) is 4.79 Å². The van der Waals surface area contributed by atoms with Crippen molar-refractivity contribution in [1.29, 1.82) is 0 Å². The number of likely N-dealkylation sites (tertiary alicyclic amines) is 1. The van der Waals surface area contributed by atoms with Crippen molar-refractivity contribution in [1.82, 2.24) is 34.0 Å². The zero-order valence-electron chi connectivity index (χ0n) is 21.5. The average Bonchev–Trinajstić information content (AvgIpc) is 3.57. The van der Waals surface area contributed by atoms with Gasteiger partial charge in [0.05, 0.1) is 36.0 Å². The first-order valence-corrected chi connectivity index (χ1v) is 13.0. The van der Waals surface area contributed by atoms with Crippen LogP contribution in [0.1, 0.15) is 41.9 Å². The molecule has 0 radical (unpaired) electrons. The van der Waals surface area contributed by atoms with E-state index in [9.17, 15) is 13.6 Å². The van der Waals surface area contributed by atoms with Crippen molar-refractivity contribution < 1.29 is 13.6 Å². The van der Waals surface area contributed by atoms with Gasteiger partial charge in [0.15, 0.2) is 11.4 Å². The molecule has 1 fully saturated rings. The van der Waals surface area contributed by atoms with Crippen molar-refractivity contribution in [3.63, 3.8) is 0 Å². The molecule has 198 valence electrons. The number of Topliss-reactive ketones (excluding diaryl/α,β-unsaturated/α-hetero) is 1. The predicted molar refractivity (Wildman–Crippen MR) is 142 cm³/mol. The fraction of sp³-hybridized carbons (Fsp3) is 0.276. The lowest BCUT2D eigenvalue weighted by Gasteiger charge is -2.32. The van der Waals surface area contributed by atoms with E-state index in [2.05, 4.69) is 26.4 Å². The molecule has 10 heteroatoms. The van der Waals surface area contributed by atoms with Gasteiger partial charge >= 0.3 is 0 Å². The Kier molecular flexibility index (Phi) is 6.70. The highest BCUT2D eigenvalue weighted by molar-refractivity contribution is 5.97. The molecule has 0 amide bonds. The quantitative estimate of drug-likeness (QED) is 0.219. The number of fused-ring (bicyclic) bond motifs is 1. The Bertz CT molecular complexity index is 1640. The SMILES string of the molecule is CCN1CCC(n2cnc(-c3ccc(F)cc3)c2-c2ccc3nc(CC(=O)c4ccnc(F)c4)cn3n2)CC1. The van der Waals surface area contributed by atoms with Crippen LogP contribution in [0.25, 0.3) is 28.3 Å². The van der Waals surface area contributed by atoms with Gasteiger partial charge in [0.1, 0.15) is 11.5 Å². The largest absolute Gasteiger partial charge is 0.326 e. The predicted octanol–water partition coefficient (Wildman–Crippen LogP) is 5.02. The number of rotatable bonds is 7. The van der Waals surface area contributed by atoms with E-state index in [1.807, 2.05) is 18.5 Å². The van der Waals surface area contributed by atoms with Crippen LogP contribution >= 0.6 is 0 Å². The molecule has 5 aromatic rings. The molecule has 0 unspecified atom stereocenters. The molecule has 4 aromatic heterocycles. The summed E-state index contributed by atoms with van der Waals surface area (Å²) in [6.45, 7) is 5.23. The maximum absolute atomic E-state index is 13.7. The number of halogens is 2. The molecule has 8 nitrogen and oxygen atoms in total. The minimum Gasteiger partial charge on any atom is -0.326 e. The summed E-state index contributed by atoms with van der Waals surface area (Å²) in [5.41, 5.74) is 4.46. The molecule has 0 N–H and O–H groups in total. The number of aromatic nitrogens is 6. The molecule has 0 bridgehead atoms. The van der Waals surface area contributed by atoms with E-state index >= 15 is 0 Å². The van der Waals surface area contributed by atoms with Crippen molar-refractivity contribution >= 4 is 11.4 Å². The smallest absolute Gasteiger partial charge is 0.213 e. The van der Waals surface area contributed by atoms with Crippen LogP contribution in [0.4, 0.5) is 8.78 Å². The van der Waals surface area contributed by atoms with Gasteiger partial charge < -0.3 is 9.47 Å². The Balaban J connectivity index is 1.36. The summed E-state index contributed by atoms with van der Waals surface area (Å²) >= 11 is 0. The van der Waals surface area contributed by atoms with Gasteiger partial charge in [0, 0.05) is 42.5 Å². The van der Waals surface area contributed by atoms with Crippen LogP contribution in [0.3, 0.4) is 0 Å². The second-order valence-corrected chi connectivity index (χ2v) is 9.74. The van der Waals surface area contributed by atoms with Crippen LogP contribution in [0.15, 0.2) is 67.3 Å². The maximum atomic E-state index is 13.7. The number of carbonyl (C=O) groups is 1. The minimum absolute atomic E-state index is 0.0108. The molecule has 0 saturated carbocycles. The van der Waals surface area contributed by atoms with Gasteiger partial charge in [-0.05, 0) is 61.9 Å². The first kappa shape index (κ1) is 25.0. The van der Waals surface area contributed by atoms with Crippen LogP contribution in [0.2, 0.25) is 0 Å². The van der Waals surface area contributed by atoms with Crippen molar-refractivity contribution in [2.24, 2.45) is 0 Å². The number of hydrogen-bond acceptors (Lipinski definition) is 6. The maximum Gasteiger partial charge on any atom is 0.213 e.